The highest BCUT2D eigenvalue weighted by atomic mass is 16.5. The number of benzene rings is 1. The molecule has 1 saturated heterocycles. The van der Waals surface area contributed by atoms with Crippen LogP contribution >= 0.6 is 0 Å². The van der Waals surface area contributed by atoms with Gasteiger partial charge in [0.15, 0.2) is 0 Å². The molecule has 1 aromatic carbocycles. The maximum Gasteiger partial charge on any atom is 0.250 e. The van der Waals surface area contributed by atoms with Crippen LogP contribution in [0, 0.1) is 0 Å². The van der Waals surface area contributed by atoms with Gasteiger partial charge in [0.25, 0.3) is 5.91 Å². The Kier molecular flexibility index (Phi) is 7.92. The van der Waals surface area contributed by atoms with Crippen molar-refractivity contribution in [3.05, 3.63) is 35.9 Å². The summed E-state index contributed by atoms with van der Waals surface area (Å²) in [5.41, 5.74) is 1.28. The van der Waals surface area contributed by atoms with E-state index in [-0.39, 0.29) is 12.0 Å². The van der Waals surface area contributed by atoms with Crippen LogP contribution in [-0.4, -0.2) is 55.7 Å². The topological polar surface area (TPSA) is 53.6 Å². The fourth-order valence-electron chi connectivity index (χ4n) is 3.91. The third-order valence-electron chi connectivity index (χ3n) is 5.40. The van der Waals surface area contributed by atoms with E-state index in [0.717, 1.165) is 19.6 Å². The van der Waals surface area contributed by atoms with Crippen LogP contribution in [0.25, 0.3) is 0 Å². The standard InChI is InChI=1S/C21H33N3O2/c25-21(23-13-12-22-19-10-6-1-2-7-11-19)20-17-24(14-15-26-20)16-18-8-4-3-5-9-18/h3-5,8-9,19-20,22H,1-2,6-7,10-17H2,(H,23,25). The lowest BCUT2D eigenvalue weighted by Gasteiger charge is -2.32. The molecular weight excluding hydrogens is 326 g/mol. The largest absolute Gasteiger partial charge is 0.366 e. The van der Waals surface area contributed by atoms with Crippen LogP contribution in [0.15, 0.2) is 30.3 Å². The minimum Gasteiger partial charge on any atom is -0.366 e. The second kappa shape index (κ2) is 10.7. The average molecular weight is 360 g/mol. The third kappa shape index (κ3) is 6.38. The summed E-state index contributed by atoms with van der Waals surface area (Å²) >= 11 is 0. The molecule has 1 aliphatic heterocycles. The van der Waals surface area contributed by atoms with Gasteiger partial charge in [-0.05, 0) is 18.4 Å². The molecule has 0 spiro atoms. The summed E-state index contributed by atoms with van der Waals surface area (Å²) in [6, 6.07) is 11.0. The van der Waals surface area contributed by atoms with E-state index in [9.17, 15) is 4.79 Å². The summed E-state index contributed by atoms with van der Waals surface area (Å²) in [7, 11) is 0. The lowest BCUT2D eigenvalue weighted by atomic mass is 10.1. The van der Waals surface area contributed by atoms with Crippen molar-refractivity contribution >= 4 is 5.91 Å². The monoisotopic (exact) mass is 359 g/mol. The van der Waals surface area contributed by atoms with Gasteiger partial charge in [-0.15, -0.1) is 0 Å². The molecule has 1 amide bonds. The number of morpholine rings is 1. The normalized spacial score (nSPS) is 22.7. The average Bonchev–Trinajstić information content (AvgIpc) is 2.95. The number of rotatable bonds is 7. The molecule has 26 heavy (non-hydrogen) atoms. The van der Waals surface area contributed by atoms with Gasteiger partial charge in [-0.2, -0.15) is 0 Å². The summed E-state index contributed by atoms with van der Waals surface area (Å²) in [4.78, 5) is 14.7. The molecule has 1 aliphatic carbocycles. The number of carbonyl (C=O) groups is 1. The van der Waals surface area contributed by atoms with Gasteiger partial charge in [0, 0.05) is 38.8 Å². The van der Waals surface area contributed by atoms with Gasteiger partial charge < -0.3 is 15.4 Å². The number of nitrogens with one attached hydrogen (secondary N) is 2. The molecule has 1 saturated carbocycles. The molecule has 0 bridgehead atoms. The Bertz CT molecular complexity index is 529. The lowest BCUT2D eigenvalue weighted by molar-refractivity contribution is -0.138. The molecule has 5 nitrogen and oxygen atoms in total. The van der Waals surface area contributed by atoms with Gasteiger partial charge in [-0.1, -0.05) is 56.0 Å². The smallest absolute Gasteiger partial charge is 0.250 e. The molecule has 1 aromatic rings. The molecule has 0 aromatic heterocycles. The number of hydrogen-bond acceptors (Lipinski definition) is 4. The fourth-order valence-corrected chi connectivity index (χ4v) is 3.91. The molecule has 1 heterocycles. The molecule has 1 unspecified atom stereocenters. The Morgan fingerprint density at radius 1 is 1.08 bits per heavy atom. The maximum atomic E-state index is 12.4. The highest BCUT2D eigenvalue weighted by Gasteiger charge is 2.26. The van der Waals surface area contributed by atoms with Gasteiger partial charge in [0.2, 0.25) is 0 Å². The van der Waals surface area contributed by atoms with Crippen LogP contribution in [0.4, 0.5) is 0 Å². The van der Waals surface area contributed by atoms with Crippen molar-refractivity contribution in [1.29, 1.82) is 0 Å². The molecule has 5 heteroatoms. The van der Waals surface area contributed by atoms with Crippen molar-refractivity contribution in [2.24, 2.45) is 0 Å². The predicted molar refractivity (Wildman–Crippen MR) is 104 cm³/mol. The van der Waals surface area contributed by atoms with E-state index >= 15 is 0 Å². The lowest BCUT2D eigenvalue weighted by Crippen LogP contribution is -2.50. The SMILES string of the molecule is O=C(NCCNC1CCCCCC1)C1CN(Cc2ccccc2)CCO1. The number of amides is 1. The summed E-state index contributed by atoms with van der Waals surface area (Å²) in [5, 5.41) is 6.63. The van der Waals surface area contributed by atoms with Crippen molar-refractivity contribution in [2.45, 2.75) is 57.2 Å². The quantitative estimate of drug-likeness (QED) is 0.579. The van der Waals surface area contributed by atoms with Crippen molar-refractivity contribution in [1.82, 2.24) is 15.5 Å². The number of carbonyl (C=O) groups excluding carboxylic acids is 1. The highest BCUT2D eigenvalue weighted by Crippen LogP contribution is 2.16. The zero-order valence-corrected chi connectivity index (χ0v) is 15.8. The molecule has 2 aliphatic rings. The van der Waals surface area contributed by atoms with Crippen LogP contribution in [-0.2, 0) is 16.1 Å². The Hall–Kier alpha value is -1.43. The molecular formula is C21H33N3O2. The highest BCUT2D eigenvalue weighted by molar-refractivity contribution is 5.81. The predicted octanol–water partition coefficient (Wildman–Crippen LogP) is 2.32. The first-order chi connectivity index (χ1) is 12.8. The minimum absolute atomic E-state index is 0.0189. The molecule has 3 rings (SSSR count). The van der Waals surface area contributed by atoms with Gasteiger partial charge in [0.1, 0.15) is 6.10 Å². The van der Waals surface area contributed by atoms with E-state index in [0.29, 0.717) is 25.7 Å². The van der Waals surface area contributed by atoms with Gasteiger partial charge in [0.05, 0.1) is 6.61 Å². The van der Waals surface area contributed by atoms with Gasteiger partial charge >= 0.3 is 0 Å². The van der Waals surface area contributed by atoms with Crippen LogP contribution in [0.1, 0.15) is 44.1 Å². The van der Waals surface area contributed by atoms with Crippen LogP contribution < -0.4 is 10.6 Å². The Labute approximate surface area is 157 Å². The number of nitrogens with zero attached hydrogens (tertiary/aromatic N) is 1. The zero-order valence-electron chi connectivity index (χ0n) is 15.8. The molecule has 2 N–H and O–H groups in total. The second-order valence-electron chi connectivity index (χ2n) is 7.51. The molecule has 144 valence electrons. The third-order valence-corrected chi connectivity index (χ3v) is 5.40. The molecule has 1 atom stereocenters. The first kappa shape index (κ1) is 19.3. The van der Waals surface area contributed by atoms with E-state index in [1.54, 1.807) is 0 Å². The first-order valence-electron chi connectivity index (χ1n) is 10.2. The summed E-state index contributed by atoms with van der Waals surface area (Å²) < 4.78 is 5.70. The maximum absolute atomic E-state index is 12.4. The van der Waals surface area contributed by atoms with Gasteiger partial charge in [-0.25, -0.2) is 0 Å². The Morgan fingerprint density at radius 2 is 1.85 bits per heavy atom. The molecule has 2 fully saturated rings. The van der Waals surface area contributed by atoms with Crippen molar-refractivity contribution < 1.29 is 9.53 Å². The van der Waals surface area contributed by atoms with Crippen LogP contribution in [0.2, 0.25) is 0 Å². The van der Waals surface area contributed by atoms with E-state index < -0.39 is 0 Å². The van der Waals surface area contributed by atoms with Crippen LogP contribution in [0.3, 0.4) is 0 Å². The van der Waals surface area contributed by atoms with Crippen molar-refractivity contribution in [2.75, 3.05) is 32.8 Å². The van der Waals surface area contributed by atoms with Crippen LogP contribution in [0.5, 0.6) is 0 Å². The Morgan fingerprint density at radius 3 is 2.62 bits per heavy atom. The number of hydrogen-bond donors (Lipinski definition) is 2. The van der Waals surface area contributed by atoms with E-state index in [1.165, 1.54) is 44.1 Å². The first-order valence-corrected chi connectivity index (χ1v) is 10.2. The Balaban J connectivity index is 1.34. The molecule has 0 radical (unpaired) electrons. The number of ether oxygens (including phenoxy) is 1. The zero-order chi connectivity index (χ0) is 18.0. The summed E-state index contributed by atoms with van der Waals surface area (Å²) in [5.74, 6) is 0.0189. The fraction of sp³-hybridized carbons (Fsp3) is 0.667. The van der Waals surface area contributed by atoms with E-state index in [4.69, 9.17) is 4.74 Å². The second-order valence-corrected chi connectivity index (χ2v) is 7.51. The van der Waals surface area contributed by atoms with Crippen molar-refractivity contribution in [3.63, 3.8) is 0 Å². The van der Waals surface area contributed by atoms with E-state index in [1.807, 2.05) is 6.07 Å². The summed E-state index contributed by atoms with van der Waals surface area (Å²) in [6.07, 6.45) is 7.59. The van der Waals surface area contributed by atoms with Crippen molar-refractivity contribution in [3.8, 4) is 0 Å². The van der Waals surface area contributed by atoms with Gasteiger partial charge in [-0.3, -0.25) is 9.69 Å². The minimum atomic E-state index is -0.356. The van der Waals surface area contributed by atoms with E-state index in [2.05, 4.69) is 39.8 Å². The summed E-state index contributed by atoms with van der Waals surface area (Å²) in [6.45, 7) is 4.55.